The molecule has 0 aliphatic rings. The zero-order valence-electron chi connectivity index (χ0n) is 17.8. The summed E-state index contributed by atoms with van der Waals surface area (Å²) in [7, 11) is 1.61. The number of hydrogen-bond acceptors (Lipinski definition) is 4. The number of ether oxygens (including phenoxy) is 1. The summed E-state index contributed by atoms with van der Waals surface area (Å²) in [5, 5.41) is 0.418. The molecule has 0 saturated carbocycles. The minimum atomic E-state index is -3.06. The fourth-order valence-electron chi connectivity index (χ4n) is 3.37. The summed E-state index contributed by atoms with van der Waals surface area (Å²) >= 11 is 0. The first kappa shape index (κ1) is 21.9. The minimum absolute atomic E-state index is 0.196. The van der Waals surface area contributed by atoms with E-state index in [9.17, 15) is 18.4 Å². The highest BCUT2D eigenvalue weighted by Crippen LogP contribution is 2.33. The van der Waals surface area contributed by atoms with Crippen LogP contribution in [0, 0.1) is 0 Å². The maximum absolute atomic E-state index is 13.7. The Morgan fingerprint density at radius 1 is 1.03 bits per heavy atom. The fraction of sp³-hybridized carbons (Fsp3) is 0.125. The highest BCUT2D eigenvalue weighted by Gasteiger charge is 2.26. The lowest BCUT2D eigenvalue weighted by molar-refractivity contribution is 0.0175. The molecule has 0 aliphatic heterocycles. The lowest BCUT2D eigenvalue weighted by atomic mass is 10.1. The van der Waals surface area contributed by atoms with Gasteiger partial charge < -0.3 is 15.0 Å². The molecule has 0 atom stereocenters. The van der Waals surface area contributed by atoms with Crippen molar-refractivity contribution in [2.45, 2.75) is 12.8 Å². The van der Waals surface area contributed by atoms with Crippen molar-refractivity contribution in [2.75, 3.05) is 4.90 Å². The summed E-state index contributed by atoms with van der Waals surface area (Å²) in [4.78, 5) is 29.7. The van der Waals surface area contributed by atoms with Crippen molar-refractivity contribution in [1.29, 1.82) is 0 Å². The Balaban J connectivity index is 1.62. The smallest absolute Gasteiger partial charge is 0.323 e. The number of rotatable bonds is 5. The topological polar surface area (TPSA) is 90.4 Å². The number of aromatic nitrogens is 2. The summed E-state index contributed by atoms with van der Waals surface area (Å²) in [6.07, 6.45) is 1.45. The molecule has 0 unspecified atom stereocenters. The van der Waals surface area contributed by atoms with Crippen molar-refractivity contribution in [3.8, 4) is 11.5 Å². The number of nitrogens with zero attached hydrogens (tertiary/aromatic N) is 3. The van der Waals surface area contributed by atoms with Crippen molar-refractivity contribution in [3.63, 3.8) is 0 Å². The average molecular weight is 450 g/mol. The predicted molar refractivity (Wildman–Crippen MR) is 121 cm³/mol. The molecule has 0 aliphatic carbocycles. The van der Waals surface area contributed by atoms with Gasteiger partial charge in [-0.3, -0.25) is 9.69 Å². The monoisotopic (exact) mass is 450 g/mol. The molecule has 1 aromatic heterocycles. The molecule has 0 fully saturated rings. The molecule has 1 heterocycles. The normalized spacial score (nSPS) is 11.4. The number of amides is 2. The number of anilines is 2. The van der Waals surface area contributed by atoms with Crippen LogP contribution >= 0.6 is 0 Å². The second-order valence-electron chi connectivity index (χ2n) is 7.55. The second kappa shape index (κ2) is 8.34. The van der Waals surface area contributed by atoms with Gasteiger partial charge in [0.15, 0.2) is 0 Å². The molecular formula is C24H20F2N4O3. The van der Waals surface area contributed by atoms with Crippen LogP contribution in [0.25, 0.3) is 10.9 Å². The van der Waals surface area contributed by atoms with Gasteiger partial charge in [-0.05, 0) is 54.6 Å². The van der Waals surface area contributed by atoms with Crippen LogP contribution in [0.2, 0.25) is 0 Å². The zero-order valence-corrected chi connectivity index (χ0v) is 17.8. The maximum atomic E-state index is 13.7. The number of urea groups is 1. The molecular weight excluding hydrogens is 430 g/mol. The highest BCUT2D eigenvalue weighted by atomic mass is 19.3. The van der Waals surface area contributed by atoms with E-state index in [1.165, 1.54) is 35.2 Å². The summed E-state index contributed by atoms with van der Waals surface area (Å²) in [6.45, 7) is 0.783. The number of benzene rings is 3. The molecule has 4 rings (SSSR count). The van der Waals surface area contributed by atoms with Crippen LogP contribution in [0.5, 0.6) is 11.5 Å². The second-order valence-corrected chi connectivity index (χ2v) is 7.55. The number of hydrogen-bond donors (Lipinski definition) is 1. The Morgan fingerprint density at radius 2 is 1.73 bits per heavy atom. The number of nitrogens with two attached hydrogens (primary N) is 1. The van der Waals surface area contributed by atoms with E-state index in [4.69, 9.17) is 10.5 Å². The zero-order chi connectivity index (χ0) is 23.8. The first-order valence-electron chi connectivity index (χ1n) is 9.95. The van der Waals surface area contributed by atoms with E-state index >= 15 is 0 Å². The van der Waals surface area contributed by atoms with Gasteiger partial charge in [0.1, 0.15) is 11.5 Å². The quantitative estimate of drug-likeness (QED) is 0.460. The Morgan fingerprint density at radius 3 is 2.39 bits per heavy atom. The minimum Gasteiger partial charge on any atom is -0.457 e. The number of carbonyl (C=O) groups excluding carboxylic acids is 1. The highest BCUT2D eigenvalue weighted by molar-refractivity contribution is 5.98. The molecule has 0 spiro atoms. The summed E-state index contributed by atoms with van der Waals surface area (Å²) in [5.74, 6) is -2.19. The third kappa shape index (κ3) is 4.52. The van der Waals surface area contributed by atoms with Crippen molar-refractivity contribution in [2.24, 2.45) is 12.8 Å². The molecule has 33 heavy (non-hydrogen) atoms. The SMILES string of the molecule is Cn1cnc2ccc(Oc3ccc(N(C(N)=O)c4cccc(C(C)(F)F)c4)cc3)cc2c1=O. The van der Waals surface area contributed by atoms with E-state index < -0.39 is 12.0 Å². The number of alkyl halides is 2. The Labute approximate surface area is 187 Å². The molecule has 2 N–H and O–H groups in total. The van der Waals surface area contributed by atoms with Crippen LogP contribution in [0.3, 0.4) is 0 Å². The summed E-state index contributed by atoms with van der Waals surface area (Å²) < 4.78 is 34.7. The number of primary amides is 1. The van der Waals surface area contributed by atoms with Crippen molar-refractivity contribution < 1.29 is 18.3 Å². The van der Waals surface area contributed by atoms with Gasteiger partial charge >= 0.3 is 6.03 Å². The van der Waals surface area contributed by atoms with Crippen LogP contribution in [0.15, 0.2) is 77.9 Å². The third-order valence-corrected chi connectivity index (χ3v) is 5.05. The predicted octanol–water partition coefficient (Wildman–Crippen LogP) is 5.05. The first-order valence-corrected chi connectivity index (χ1v) is 9.95. The Kier molecular flexibility index (Phi) is 5.55. The van der Waals surface area contributed by atoms with Crippen LogP contribution in [-0.4, -0.2) is 15.6 Å². The molecule has 0 saturated heterocycles. The van der Waals surface area contributed by atoms with Crippen LogP contribution in [0.1, 0.15) is 12.5 Å². The lowest BCUT2D eigenvalue weighted by Gasteiger charge is -2.22. The Bertz CT molecular complexity index is 1400. The average Bonchev–Trinajstić information content (AvgIpc) is 2.77. The molecule has 168 valence electrons. The van der Waals surface area contributed by atoms with E-state index in [-0.39, 0.29) is 16.8 Å². The molecule has 2 amide bonds. The maximum Gasteiger partial charge on any atom is 0.323 e. The molecule has 4 aromatic rings. The first-order chi connectivity index (χ1) is 15.6. The molecule has 0 bridgehead atoms. The fourth-order valence-corrected chi connectivity index (χ4v) is 3.37. The van der Waals surface area contributed by atoms with Crippen molar-refractivity contribution in [1.82, 2.24) is 9.55 Å². The largest absolute Gasteiger partial charge is 0.457 e. The number of aryl methyl sites for hydroxylation is 1. The number of carbonyl (C=O) groups is 1. The molecule has 9 heteroatoms. The van der Waals surface area contributed by atoms with Gasteiger partial charge in [-0.25, -0.2) is 18.6 Å². The molecule has 3 aromatic carbocycles. The van der Waals surface area contributed by atoms with E-state index in [0.29, 0.717) is 28.1 Å². The van der Waals surface area contributed by atoms with Gasteiger partial charge in [0.25, 0.3) is 11.5 Å². The van der Waals surface area contributed by atoms with Crippen molar-refractivity contribution in [3.05, 3.63) is 89.0 Å². The summed E-state index contributed by atoms with van der Waals surface area (Å²) in [6, 6.07) is 16.0. The van der Waals surface area contributed by atoms with Gasteiger partial charge in [-0.2, -0.15) is 0 Å². The molecule has 7 nitrogen and oxygen atoms in total. The van der Waals surface area contributed by atoms with Gasteiger partial charge in [-0.1, -0.05) is 12.1 Å². The number of fused-ring (bicyclic) bond motifs is 1. The van der Waals surface area contributed by atoms with Gasteiger partial charge in [-0.15, -0.1) is 0 Å². The van der Waals surface area contributed by atoms with Gasteiger partial charge in [0, 0.05) is 19.5 Å². The number of halogens is 2. The van der Waals surface area contributed by atoms with E-state index in [2.05, 4.69) is 4.98 Å². The van der Waals surface area contributed by atoms with Crippen LogP contribution in [-0.2, 0) is 13.0 Å². The van der Waals surface area contributed by atoms with E-state index in [1.807, 2.05) is 0 Å². The standard InChI is InChI=1S/C24H20F2N4O3/c1-24(25,26)15-4-3-5-17(12-15)30(23(27)32)16-6-8-18(9-7-16)33-19-10-11-21-20(13-19)22(31)29(2)14-28-21/h3-14H,1-2H3,(H2,27,32). The lowest BCUT2D eigenvalue weighted by Crippen LogP contribution is -2.31. The van der Waals surface area contributed by atoms with E-state index in [0.717, 1.165) is 11.8 Å². The van der Waals surface area contributed by atoms with Gasteiger partial charge in [0.2, 0.25) is 0 Å². The van der Waals surface area contributed by atoms with Crippen LogP contribution in [0.4, 0.5) is 25.0 Å². The Hall–Kier alpha value is -4.27. The van der Waals surface area contributed by atoms with E-state index in [1.54, 1.807) is 49.5 Å². The summed E-state index contributed by atoms with van der Waals surface area (Å²) in [5.41, 5.74) is 6.25. The molecule has 0 radical (unpaired) electrons. The third-order valence-electron chi connectivity index (χ3n) is 5.05. The van der Waals surface area contributed by atoms with Gasteiger partial charge in [0.05, 0.1) is 28.6 Å². The van der Waals surface area contributed by atoms with Crippen LogP contribution < -0.4 is 20.9 Å². The van der Waals surface area contributed by atoms with Crippen molar-refractivity contribution >= 4 is 28.3 Å².